The highest BCUT2D eigenvalue weighted by Gasteiger charge is 2.72. The van der Waals surface area contributed by atoms with Crippen molar-refractivity contribution < 1.29 is 22.7 Å². The van der Waals surface area contributed by atoms with E-state index in [0.717, 1.165) is 17.1 Å². The topological polar surface area (TPSA) is 80.8 Å². The lowest BCUT2D eigenvalue weighted by Gasteiger charge is -2.37. The zero-order valence-electron chi connectivity index (χ0n) is 13.5. The monoisotopic (exact) mass is 329 g/mol. The van der Waals surface area contributed by atoms with E-state index >= 15 is 0 Å². The molecule has 3 fully saturated rings. The van der Waals surface area contributed by atoms with Gasteiger partial charge in [-0.1, -0.05) is 13.8 Å². The van der Waals surface area contributed by atoms with E-state index in [-0.39, 0.29) is 22.6 Å². The van der Waals surface area contributed by atoms with Crippen LogP contribution in [0, 0.1) is 22.7 Å². The summed E-state index contributed by atoms with van der Waals surface area (Å²) in [6, 6.07) is -0.300. The first kappa shape index (κ1) is 15.8. The number of hydrogen-bond donors (Lipinski definition) is 0. The minimum atomic E-state index is -3.67. The average Bonchev–Trinajstić information content (AvgIpc) is 2.91. The van der Waals surface area contributed by atoms with E-state index < -0.39 is 27.8 Å². The molecule has 1 spiro atoms. The van der Waals surface area contributed by atoms with Crippen molar-refractivity contribution in [2.45, 2.75) is 46.1 Å². The van der Waals surface area contributed by atoms with Crippen molar-refractivity contribution in [3.05, 3.63) is 0 Å². The van der Waals surface area contributed by atoms with Crippen LogP contribution in [0.5, 0.6) is 0 Å². The molecule has 0 aromatic heterocycles. The number of rotatable bonds is 2. The van der Waals surface area contributed by atoms with Crippen LogP contribution in [0.2, 0.25) is 0 Å². The van der Waals surface area contributed by atoms with Gasteiger partial charge in [0.05, 0.1) is 18.9 Å². The molecule has 3 unspecified atom stereocenters. The van der Waals surface area contributed by atoms with E-state index in [9.17, 15) is 18.0 Å². The van der Waals surface area contributed by atoms with Gasteiger partial charge in [-0.3, -0.25) is 9.59 Å². The zero-order valence-corrected chi connectivity index (χ0v) is 14.3. The summed E-state index contributed by atoms with van der Waals surface area (Å²) in [5.41, 5.74) is -0.448. The predicted molar refractivity (Wildman–Crippen MR) is 79.2 cm³/mol. The zero-order chi connectivity index (χ0) is 16.5. The molecule has 3 rings (SSSR count). The van der Waals surface area contributed by atoms with E-state index in [2.05, 4.69) is 18.6 Å². The first-order valence-corrected chi connectivity index (χ1v) is 9.33. The van der Waals surface area contributed by atoms with E-state index in [1.54, 1.807) is 0 Å². The normalized spacial score (nSPS) is 38.6. The van der Waals surface area contributed by atoms with Crippen LogP contribution in [0.25, 0.3) is 0 Å². The standard InChI is InChI=1S/C15H23NO5S/c1-9(13(18)21-4)12(17)16-11-7-10-5-6-15(11,14(10,2)3)8-22(16,19)20/h9-11H,5-8H2,1-4H3/t9-,10?,11?,15?/m1/s1. The molecule has 1 heterocycles. The molecule has 0 aromatic rings. The highest BCUT2D eigenvalue weighted by molar-refractivity contribution is 7.90. The van der Waals surface area contributed by atoms with Crippen LogP contribution < -0.4 is 0 Å². The largest absolute Gasteiger partial charge is 0.468 e. The number of sulfonamides is 1. The molecule has 2 saturated carbocycles. The molecule has 0 aromatic carbocycles. The van der Waals surface area contributed by atoms with Gasteiger partial charge >= 0.3 is 5.97 Å². The van der Waals surface area contributed by atoms with Crippen molar-refractivity contribution in [1.29, 1.82) is 0 Å². The third-order valence-corrected chi connectivity index (χ3v) is 8.47. The third kappa shape index (κ3) is 1.69. The van der Waals surface area contributed by atoms with Crippen molar-refractivity contribution in [1.82, 2.24) is 4.31 Å². The van der Waals surface area contributed by atoms with Gasteiger partial charge in [0.1, 0.15) is 5.92 Å². The number of nitrogens with zero attached hydrogens (tertiary/aromatic N) is 1. The fourth-order valence-corrected chi connectivity index (χ4v) is 7.65. The number of ether oxygens (including phenoxy) is 1. The molecule has 3 aliphatic rings. The summed E-state index contributed by atoms with van der Waals surface area (Å²) in [7, 11) is -2.47. The summed E-state index contributed by atoms with van der Waals surface area (Å²) in [5.74, 6) is -1.96. The van der Waals surface area contributed by atoms with E-state index in [1.807, 2.05) is 0 Å². The Kier molecular flexibility index (Phi) is 3.20. The van der Waals surface area contributed by atoms with Crippen LogP contribution in [-0.4, -0.2) is 43.5 Å². The van der Waals surface area contributed by atoms with Gasteiger partial charge < -0.3 is 4.74 Å². The van der Waals surface area contributed by atoms with Crippen LogP contribution in [0.4, 0.5) is 0 Å². The Bertz CT molecular complexity index is 640. The van der Waals surface area contributed by atoms with Gasteiger partial charge in [-0.25, -0.2) is 12.7 Å². The number of hydrogen-bond acceptors (Lipinski definition) is 5. The number of methoxy groups -OCH3 is 1. The van der Waals surface area contributed by atoms with E-state index in [0.29, 0.717) is 12.3 Å². The maximum absolute atomic E-state index is 12.7. The van der Waals surface area contributed by atoms with Crippen molar-refractivity contribution in [3.63, 3.8) is 0 Å². The first-order chi connectivity index (χ1) is 10.1. The second kappa shape index (κ2) is 4.46. The second-order valence-electron chi connectivity index (χ2n) is 7.50. The molecule has 0 N–H and O–H groups in total. The van der Waals surface area contributed by atoms with Gasteiger partial charge in [0, 0.05) is 5.41 Å². The van der Waals surface area contributed by atoms with Gasteiger partial charge in [0.2, 0.25) is 15.9 Å². The lowest BCUT2D eigenvalue weighted by molar-refractivity contribution is -0.151. The molecule has 6 nitrogen and oxygen atoms in total. The molecule has 1 aliphatic heterocycles. The Morgan fingerprint density at radius 2 is 1.95 bits per heavy atom. The predicted octanol–water partition coefficient (Wildman–Crippen LogP) is 1.16. The quantitative estimate of drug-likeness (QED) is 0.561. The minimum absolute atomic E-state index is 0.0216. The Morgan fingerprint density at radius 3 is 2.50 bits per heavy atom. The Hall–Kier alpha value is -1.11. The molecule has 2 aliphatic carbocycles. The summed E-state index contributed by atoms with van der Waals surface area (Å²) >= 11 is 0. The van der Waals surface area contributed by atoms with Gasteiger partial charge in [-0.05, 0) is 37.5 Å². The summed E-state index contributed by atoms with van der Waals surface area (Å²) in [6.07, 6.45) is 2.57. The number of esters is 1. The SMILES string of the molecule is COC(=O)[C@H](C)C(=O)N1C2CC3CCC2(CS1(=O)=O)C3(C)C. The molecule has 2 bridgehead atoms. The third-order valence-electron chi connectivity index (χ3n) is 6.55. The van der Waals surface area contributed by atoms with Crippen LogP contribution in [-0.2, 0) is 24.3 Å². The van der Waals surface area contributed by atoms with Crippen molar-refractivity contribution in [2.75, 3.05) is 12.9 Å². The molecule has 4 atom stereocenters. The number of carbonyl (C=O) groups excluding carboxylic acids is 2. The summed E-state index contributed by atoms with van der Waals surface area (Å²) in [6.45, 7) is 5.66. The number of fused-ring (bicyclic) bond motifs is 1. The number of carbonyl (C=O) groups is 2. The Morgan fingerprint density at radius 1 is 1.32 bits per heavy atom. The van der Waals surface area contributed by atoms with Crippen molar-refractivity contribution in [3.8, 4) is 0 Å². The average molecular weight is 329 g/mol. The molecule has 22 heavy (non-hydrogen) atoms. The minimum Gasteiger partial charge on any atom is -0.468 e. The highest BCUT2D eigenvalue weighted by atomic mass is 32.2. The van der Waals surface area contributed by atoms with Crippen molar-refractivity contribution in [2.24, 2.45) is 22.7 Å². The lowest BCUT2D eigenvalue weighted by atomic mass is 9.69. The molecule has 0 radical (unpaired) electrons. The summed E-state index contributed by atoms with van der Waals surface area (Å²) < 4.78 is 30.9. The van der Waals surface area contributed by atoms with Crippen molar-refractivity contribution >= 4 is 21.9 Å². The maximum atomic E-state index is 12.7. The van der Waals surface area contributed by atoms with E-state index in [4.69, 9.17) is 0 Å². The highest BCUT2D eigenvalue weighted by Crippen LogP contribution is 2.70. The molecule has 1 saturated heterocycles. The smallest absolute Gasteiger partial charge is 0.317 e. The van der Waals surface area contributed by atoms with Crippen LogP contribution >= 0.6 is 0 Å². The van der Waals surface area contributed by atoms with Gasteiger partial charge in [-0.2, -0.15) is 0 Å². The number of amides is 1. The lowest BCUT2D eigenvalue weighted by Crippen LogP contribution is -2.47. The van der Waals surface area contributed by atoms with Gasteiger partial charge in [-0.15, -0.1) is 0 Å². The Labute approximate surface area is 131 Å². The summed E-state index contributed by atoms with van der Waals surface area (Å²) in [5, 5.41) is 0. The fourth-order valence-electron chi connectivity index (χ4n) is 5.05. The molecule has 124 valence electrons. The second-order valence-corrected chi connectivity index (χ2v) is 9.35. The maximum Gasteiger partial charge on any atom is 0.317 e. The molecular formula is C15H23NO5S. The van der Waals surface area contributed by atoms with Crippen LogP contribution in [0.15, 0.2) is 0 Å². The van der Waals surface area contributed by atoms with Crippen LogP contribution in [0.3, 0.4) is 0 Å². The summed E-state index contributed by atoms with van der Waals surface area (Å²) in [4.78, 5) is 24.3. The Balaban J connectivity index is 2.00. The molecular weight excluding hydrogens is 306 g/mol. The molecule has 1 amide bonds. The van der Waals surface area contributed by atoms with Gasteiger partial charge in [0.15, 0.2) is 0 Å². The fraction of sp³-hybridized carbons (Fsp3) is 0.867. The van der Waals surface area contributed by atoms with E-state index in [1.165, 1.54) is 14.0 Å². The van der Waals surface area contributed by atoms with Gasteiger partial charge in [0.25, 0.3) is 0 Å². The van der Waals surface area contributed by atoms with Crippen LogP contribution in [0.1, 0.15) is 40.0 Å². The molecule has 7 heteroatoms. The first-order valence-electron chi connectivity index (χ1n) is 7.72.